The fraction of sp³-hybridized carbons (Fsp3) is 0.538. The van der Waals surface area contributed by atoms with Gasteiger partial charge in [0.1, 0.15) is 13.4 Å². The van der Waals surface area contributed by atoms with Crippen LogP contribution in [0.1, 0.15) is 18.9 Å². The van der Waals surface area contributed by atoms with Gasteiger partial charge in [-0.1, -0.05) is 0 Å². The molecule has 1 aliphatic carbocycles. The maximum atomic E-state index is 9.95. The third kappa shape index (κ3) is 2.22. The Morgan fingerprint density at radius 3 is 2.91 bits per heavy atom. The van der Waals surface area contributed by atoms with Crippen LogP contribution >= 0.6 is 0 Å². The molecular weight excluding hydrogens is 288 g/mol. The van der Waals surface area contributed by atoms with Crippen molar-refractivity contribution in [2.75, 3.05) is 13.7 Å². The first-order chi connectivity index (χ1) is 10.7. The second-order valence-corrected chi connectivity index (χ2v) is 5.25. The van der Waals surface area contributed by atoms with Crippen LogP contribution in [0.4, 0.5) is 0 Å². The summed E-state index contributed by atoms with van der Waals surface area (Å²) in [5, 5.41) is 28.0. The molecule has 2 heterocycles. The molecule has 2 aromatic heterocycles. The highest BCUT2D eigenvalue weighted by atomic mass is 16.6. The van der Waals surface area contributed by atoms with E-state index in [0.29, 0.717) is 24.0 Å². The molecule has 3 rings (SSSR count). The number of aliphatic hydroxyl groups is 2. The number of hydrogen-bond donors (Lipinski definition) is 2. The average molecular weight is 304 g/mol. The number of fused-ring (bicyclic) bond motifs is 1. The van der Waals surface area contributed by atoms with Gasteiger partial charge in [0.15, 0.2) is 11.2 Å². The summed E-state index contributed by atoms with van der Waals surface area (Å²) in [6, 6.07) is -0.00187. The van der Waals surface area contributed by atoms with Crippen molar-refractivity contribution in [3.8, 4) is 6.19 Å². The summed E-state index contributed by atoms with van der Waals surface area (Å²) in [7, 11) is 1.44. The van der Waals surface area contributed by atoms with Gasteiger partial charge in [-0.2, -0.15) is 9.99 Å². The van der Waals surface area contributed by atoms with E-state index in [9.17, 15) is 10.2 Å². The number of aliphatic hydroxyl groups excluding tert-OH is 2. The lowest BCUT2D eigenvalue weighted by Gasteiger charge is -2.12. The van der Waals surface area contributed by atoms with Gasteiger partial charge in [-0.05, 0) is 12.8 Å². The van der Waals surface area contributed by atoms with Gasteiger partial charge in [0.05, 0.1) is 12.4 Å². The third-order valence-corrected chi connectivity index (χ3v) is 4.09. The normalized spacial score (nSPS) is 25.5. The molecule has 116 valence electrons. The first-order valence-corrected chi connectivity index (χ1v) is 6.90. The summed E-state index contributed by atoms with van der Waals surface area (Å²) in [6.45, 7) is -0.0452. The fourth-order valence-electron chi connectivity index (χ4n) is 2.95. The Morgan fingerprint density at radius 1 is 1.45 bits per heavy atom. The minimum absolute atomic E-state index is 0.00187. The second-order valence-electron chi connectivity index (χ2n) is 5.25. The molecule has 3 atom stereocenters. The van der Waals surface area contributed by atoms with Gasteiger partial charge in [-0.25, -0.2) is 9.97 Å². The van der Waals surface area contributed by atoms with Crippen molar-refractivity contribution >= 4 is 11.2 Å². The summed E-state index contributed by atoms with van der Waals surface area (Å²) >= 11 is 0. The van der Waals surface area contributed by atoms with Crippen LogP contribution in [0.15, 0.2) is 17.6 Å². The standard InChI is InChI=1S/C13H16N6O3/c1-22-19-7-17-12-11(13(19)15-5-14)16-6-18(12)9-2-8(4-20)10(21)3-9/h6-10,20-21H,2-4H2,1H3/b15-13+/t8-,9-,10+/m1/s1. The minimum atomic E-state index is -0.539. The number of imidazole rings is 1. The number of hydrogen-bond acceptors (Lipinski definition) is 7. The SMILES string of the molecule is COn1cnc2c(ncn2[C@@H]2C[C@H](CO)[C@@H](O)C2)/c1=N\C#N. The Labute approximate surface area is 125 Å². The van der Waals surface area contributed by atoms with Gasteiger partial charge in [0.25, 0.3) is 0 Å². The molecule has 0 aromatic carbocycles. The highest BCUT2D eigenvalue weighted by Crippen LogP contribution is 2.35. The monoisotopic (exact) mass is 304 g/mol. The molecule has 0 aliphatic heterocycles. The Morgan fingerprint density at radius 2 is 2.27 bits per heavy atom. The van der Waals surface area contributed by atoms with Gasteiger partial charge < -0.3 is 19.6 Å². The van der Waals surface area contributed by atoms with E-state index in [2.05, 4.69) is 15.0 Å². The average Bonchev–Trinajstić information content (AvgIpc) is 3.11. The largest absolute Gasteiger partial charge is 0.414 e. The highest BCUT2D eigenvalue weighted by Gasteiger charge is 2.34. The predicted octanol–water partition coefficient (Wildman–Crippen LogP) is -1.02. The Balaban J connectivity index is 2.09. The van der Waals surface area contributed by atoms with E-state index in [1.807, 2.05) is 4.57 Å². The van der Waals surface area contributed by atoms with Gasteiger partial charge in [-0.15, -0.1) is 4.99 Å². The quantitative estimate of drug-likeness (QED) is 0.700. The minimum Gasteiger partial charge on any atom is -0.414 e. The molecule has 1 fully saturated rings. The van der Waals surface area contributed by atoms with Crippen molar-refractivity contribution in [3.63, 3.8) is 0 Å². The number of nitriles is 1. The van der Waals surface area contributed by atoms with Crippen molar-refractivity contribution in [2.24, 2.45) is 10.9 Å². The topological polar surface area (TPSA) is 121 Å². The van der Waals surface area contributed by atoms with Crippen LogP contribution in [0.5, 0.6) is 0 Å². The third-order valence-electron chi connectivity index (χ3n) is 4.09. The summed E-state index contributed by atoms with van der Waals surface area (Å²) in [5.74, 6) is -0.140. The van der Waals surface area contributed by atoms with Crippen molar-refractivity contribution in [1.29, 1.82) is 5.26 Å². The molecule has 0 unspecified atom stereocenters. The molecule has 0 bridgehead atoms. The van der Waals surface area contributed by atoms with Crippen LogP contribution in [-0.2, 0) is 0 Å². The molecule has 1 aliphatic rings. The summed E-state index contributed by atoms with van der Waals surface area (Å²) < 4.78 is 3.12. The molecule has 0 spiro atoms. The van der Waals surface area contributed by atoms with E-state index < -0.39 is 6.10 Å². The maximum absolute atomic E-state index is 9.95. The van der Waals surface area contributed by atoms with Crippen LogP contribution in [-0.4, -0.2) is 49.3 Å². The predicted molar refractivity (Wildman–Crippen MR) is 74.1 cm³/mol. The van der Waals surface area contributed by atoms with E-state index >= 15 is 0 Å². The highest BCUT2D eigenvalue weighted by molar-refractivity contribution is 5.69. The molecule has 2 aromatic rings. The van der Waals surface area contributed by atoms with E-state index in [0.717, 1.165) is 0 Å². The molecule has 22 heavy (non-hydrogen) atoms. The Kier molecular flexibility index (Phi) is 3.79. The molecule has 9 heteroatoms. The van der Waals surface area contributed by atoms with Crippen LogP contribution in [0, 0.1) is 17.4 Å². The first kappa shape index (κ1) is 14.5. The number of rotatable bonds is 3. The van der Waals surface area contributed by atoms with Gasteiger partial charge in [0.2, 0.25) is 11.7 Å². The Hall–Kier alpha value is -2.44. The Bertz CT molecular complexity index is 789. The molecule has 0 radical (unpaired) electrons. The molecular formula is C13H16N6O3. The zero-order valence-electron chi connectivity index (χ0n) is 12.0. The smallest absolute Gasteiger partial charge is 0.211 e. The zero-order valence-corrected chi connectivity index (χ0v) is 12.0. The van der Waals surface area contributed by atoms with Crippen molar-refractivity contribution in [2.45, 2.75) is 25.0 Å². The summed E-state index contributed by atoms with van der Waals surface area (Å²) in [4.78, 5) is 17.4. The van der Waals surface area contributed by atoms with Crippen molar-refractivity contribution in [3.05, 3.63) is 18.1 Å². The van der Waals surface area contributed by atoms with Crippen molar-refractivity contribution < 1.29 is 15.1 Å². The summed E-state index contributed by atoms with van der Waals surface area (Å²) in [6.07, 6.45) is 5.40. The van der Waals surface area contributed by atoms with Crippen LogP contribution in [0.25, 0.3) is 11.2 Å². The molecule has 2 N–H and O–H groups in total. The lowest BCUT2D eigenvalue weighted by Crippen LogP contribution is -2.26. The van der Waals surface area contributed by atoms with Gasteiger partial charge >= 0.3 is 0 Å². The second kappa shape index (κ2) is 5.75. The maximum Gasteiger partial charge on any atom is 0.211 e. The number of nitrogens with zero attached hydrogens (tertiary/aromatic N) is 6. The molecule has 0 amide bonds. The van der Waals surface area contributed by atoms with Crippen LogP contribution < -0.4 is 10.3 Å². The van der Waals surface area contributed by atoms with E-state index in [1.165, 1.54) is 18.2 Å². The van der Waals surface area contributed by atoms with Gasteiger partial charge in [0, 0.05) is 18.6 Å². The lowest BCUT2D eigenvalue weighted by atomic mass is 10.1. The number of aromatic nitrogens is 4. The van der Waals surface area contributed by atoms with E-state index in [1.54, 1.807) is 12.5 Å². The molecule has 1 saturated carbocycles. The fourth-order valence-corrected chi connectivity index (χ4v) is 2.95. The summed E-state index contributed by atoms with van der Waals surface area (Å²) in [5.41, 5.74) is 1.29. The zero-order chi connectivity index (χ0) is 15.7. The lowest BCUT2D eigenvalue weighted by molar-refractivity contribution is 0.0906. The van der Waals surface area contributed by atoms with Gasteiger partial charge in [-0.3, -0.25) is 0 Å². The van der Waals surface area contributed by atoms with Crippen LogP contribution in [0.3, 0.4) is 0 Å². The molecule has 9 nitrogen and oxygen atoms in total. The van der Waals surface area contributed by atoms with E-state index in [4.69, 9.17) is 10.1 Å². The van der Waals surface area contributed by atoms with E-state index in [-0.39, 0.29) is 24.1 Å². The van der Waals surface area contributed by atoms with Crippen molar-refractivity contribution in [1.82, 2.24) is 19.3 Å². The van der Waals surface area contributed by atoms with Crippen LogP contribution in [0.2, 0.25) is 0 Å². The molecule has 0 saturated heterocycles. The first-order valence-electron chi connectivity index (χ1n) is 6.90.